The number of aryl methyl sites for hydroxylation is 1. The Hall–Kier alpha value is -2.64. The maximum atomic E-state index is 13.0. The van der Waals surface area contributed by atoms with Crippen molar-refractivity contribution in [2.75, 3.05) is 45.8 Å². The number of hydrogen-bond donors (Lipinski definition) is 1. The minimum atomic E-state index is 0.0119. The third-order valence-electron chi connectivity index (χ3n) is 4.61. The molecule has 0 saturated carbocycles. The molecule has 1 amide bonds. The first-order chi connectivity index (χ1) is 14.0. The molecule has 29 heavy (non-hydrogen) atoms. The van der Waals surface area contributed by atoms with E-state index in [9.17, 15) is 4.79 Å². The van der Waals surface area contributed by atoms with Crippen molar-refractivity contribution in [3.8, 4) is 11.5 Å². The highest BCUT2D eigenvalue weighted by Crippen LogP contribution is 2.36. The van der Waals surface area contributed by atoms with Gasteiger partial charge in [0, 0.05) is 0 Å². The molecule has 0 aliphatic heterocycles. The number of aromatic nitrogens is 1. The fourth-order valence-corrected chi connectivity index (χ4v) is 4.04. The molecular weight excluding hydrogens is 386 g/mol. The molecule has 1 N–H and O–H groups in total. The molecule has 0 spiro atoms. The third kappa shape index (κ3) is 5.25. The summed E-state index contributed by atoms with van der Waals surface area (Å²) >= 11 is 1.54. The van der Waals surface area contributed by atoms with Gasteiger partial charge in [0.2, 0.25) is 5.91 Å². The number of hydrogen-bond acceptors (Lipinski definition) is 5. The summed E-state index contributed by atoms with van der Waals surface area (Å²) in [5.41, 5.74) is 1.94. The van der Waals surface area contributed by atoms with Gasteiger partial charge in [-0.1, -0.05) is 35.6 Å². The molecule has 0 fully saturated rings. The predicted molar refractivity (Wildman–Crippen MR) is 117 cm³/mol. The smallest absolute Gasteiger partial charge is 0.232 e. The van der Waals surface area contributed by atoms with E-state index in [0.29, 0.717) is 24.7 Å². The molecule has 154 valence electrons. The minimum Gasteiger partial charge on any atom is -0.494 e. The zero-order valence-electron chi connectivity index (χ0n) is 17.4. The molecule has 0 bridgehead atoms. The van der Waals surface area contributed by atoms with Gasteiger partial charge >= 0.3 is 0 Å². The second-order valence-corrected chi connectivity index (χ2v) is 8.15. The van der Waals surface area contributed by atoms with Crippen LogP contribution in [0.5, 0.6) is 11.5 Å². The van der Waals surface area contributed by atoms with Crippen molar-refractivity contribution in [2.24, 2.45) is 0 Å². The lowest BCUT2D eigenvalue weighted by Crippen LogP contribution is -3.06. The Balaban J connectivity index is 1.80. The van der Waals surface area contributed by atoms with Gasteiger partial charge in [-0.2, -0.15) is 0 Å². The van der Waals surface area contributed by atoms with Gasteiger partial charge in [-0.15, -0.1) is 0 Å². The first-order valence-electron chi connectivity index (χ1n) is 9.71. The highest BCUT2D eigenvalue weighted by Gasteiger charge is 2.22. The molecule has 0 saturated heterocycles. The van der Waals surface area contributed by atoms with E-state index >= 15 is 0 Å². The van der Waals surface area contributed by atoms with Crippen molar-refractivity contribution in [1.29, 1.82) is 0 Å². The van der Waals surface area contributed by atoms with Gasteiger partial charge < -0.3 is 14.4 Å². The quantitative estimate of drug-likeness (QED) is 0.585. The Bertz CT molecular complexity index is 957. The molecule has 6 nitrogen and oxygen atoms in total. The fraction of sp³-hybridized carbons (Fsp3) is 0.364. The highest BCUT2D eigenvalue weighted by atomic mass is 32.1. The molecule has 0 atom stereocenters. The second-order valence-electron chi connectivity index (χ2n) is 7.17. The zero-order valence-corrected chi connectivity index (χ0v) is 18.2. The summed E-state index contributed by atoms with van der Waals surface area (Å²) in [6.45, 7) is 3.82. The zero-order chi connectivity index (χ0) is 20.8. The SMILES string of the molecule is COc1ccc(C)c2sc(N(CC[NH+](C)C)C(=O)CCOc3ccccc3)nc12. The lowest BCUT2D eigenvalue weighted by atomic mass is 10.2. The molecule has 0 unspecified atom stereocenters. The van der Waals surface area contributed by atoms with Crippen LogP contribution in [-0.4, -0.2) is 51.8 Å². The molecule has 3 aromatic rings. The number of benzene rings is 2. The Kier molecular flexibility index (Phi) is 7.06. The average molecular weight is 415 g/mol. The molecule has 0 aliphatic carbocycles. The molecule has 1 aromatic heterocycles. The van der Waals surface area contributed by atoms with Gasteiger partial charge in [0.15, 0.2) is 5.13 Å². The maximum absolute atomic E-state index is 13.0. The molecular formula is C22H28N3O3S+. The first kappa shape index (κ1) is 21.1. The molecule has 3 rings (SSSR count). The van der Waals surface area contributed by atoms with Gasteiger partial charge in [-0.25, -0.2) is 4.98 Å². The molecule has 0 radical (unpaired) electrons. The lowest BCUT2D eigenvalue weighted by molar-refractivity contribution is -0.856. The van der Waals surface area contributed by atoms with Gasteiger partial charge in [0.1, 0.15) is 17.0 Å². The summed E-state index contributed by atoms with van der Waals surface area (Å²) in [5.74, 6) is 1.51. The van der Waals surface area contributed by atoms with Crippen molar-refractivity contribution in [3.05, 3.63) is 48.0 Å². The Morgan fingerprint density at radius 1 is 1.17 bits per heavy atom. The van der Waals surface area contributed by atoms with Crippen molar-refractivity contribution >= 4 is 32.6 Å². The number of nitrogens with one attached hydrogen (secondary N) is 1. The summed E-state index contributed by atoms with van der Waals surface area (Å²) in [6.07, 6.45) is 0.295. The van der Waals surface area contributed by atoms with Crippen LogP contribution in [0, 0.1) is 6.92 Å². The minimum absolute atomic E-state index is 0.0119. The van der Waals surface area contributed by atoms with Crippen molar-refractivity contribution in [1.82, 2.24) is 4.98 Å². The number of carbonyl (C=O) groups excluding carboxylic acids is 1. The number of carbonyl (C=O) groups is 1. The van der Waals surface area contributed by atoms with Crippen LogP contribution in [0.15, 0.2) is 42.5 Å². The Labute approximate surface area is 175 Å². The van der Waals surface area contributed by atoms with E-state index < -0.39 is 0 Å². The molecule has 7 heteroatoms. The van der Waals surface area contributed by atoms with Gasteiger partial charge in [0.25, 0.3) is 0 Å². The van der Waals surface area contributed by atoms with Gasteiger partial charge in [0.05, 0.1) is 52.0 Å². The molecule has 0 aliphatic rings. The van der Waals surface area contributed by atoms with E-state index in [1.54, 1.807) is 12.0 Å². The molecule has 2 aromatic carbocycles. The van der Waals surface area contributed by atoms with Crippen molar-refractivity contribution in [3.63, 3.8) is 0 Å². The second kappa shape index (κ2) is 9.71. The van der Waals surface area contributed by atoms with E-state index in [1.807, 2.05) is 49.4 Å². The molecule has 1 heterocycles. The number of methoxy groups -OCH3 is 1. The number of amides is 1. The first-order valence-corrected chi connectivity index (χ1v) is 10.5. The van der Waals surface area contributed by atoms with E-state index in [2.05, 4.69) is 14.1 Å². The lowest BCUT2D eigenvalue weighted by Gasteiger charge is -2.20. The van der Waals surface area contributed by atoms with Crippen LogP contribution in [0.4, 0.5) is 5.13 Å². The van der Waals surface area contributed by atoms with Crippen LogP contribution in [0.2, 0.25) is 0 Å². The summed E-state index contributed by atoms with van der Waals surface area (Å²) in [4.78, 5) is 20.9. The average Bonchev–Trinajstić information content (AvgIpc) is 3.15. The number of nitrogens with zero attached hydrogens (tertiary/aromatic N) is 2. The number of ether oxygens (including phenoxy) is 2. The number of fused-ring (bicyclic) bond motifs is 1. The predicted octanol–water partition coefficient (Wildman–Crippen LogP) is 2.56. The Morgan fingerprint density at radius 2 is 1.93 bits per heavy atom. The van der Waals surface area contributed by atoms with Gasteiger partial charge in [-0.3, -0.25) is 9.69 Å². The van der Waals surface area contributed by atoms with Crippen molar-refractivity contribution in [2.45, 2.75) is 13.3 Å². The topological polar surface area (TPSA) is 56.1 Å². The van der Waals surface area contributed by atoms with E-state index in [1.165, 1.54) is 16.2 Å². The van der Waals surface area contributed by atoms with Crippen molar-refractivity contribution < 1.29 is 19.2 Å². The maximum Gasteiger partial charge on any atom is 0.232 e. The van der Waals surface area contributed by atoms with Crippen LogP contribution in [0.25, 0.3) is 10.2 Å². The number of anilines is 1. The summed E-state index contributed by atoms with van der Waals surface area (Å²) in [5, 5.41) is 0.707. The number of rotatable bonds is 9. The highest BCUT2D eigenvalue weighted by molar-refractivity contribution is 7.22. The standard InChI is InChI=1S/C22H27N3O3S/c1-16-10-11-18(27-4)20-21(16)29-22(23-20)25(14-13-24(2)3)19(26)12-15-28-17-8-6-5-7-9-17/h5-11H,12-15H2,1-4H3/p+1. The van der Waals surface area contributed by atoms with Crippen LogP contribution in [-0.2, 0) is 4.79 Å². The third-order valence-corrected chi connectivity index (χ3v) is 5.82. The number of quaternary nitrogens is 1. The van der Waals surface area contributed by atoms with Gasteiger partial charge in [-0.05, 0) is 30.7 Å². The summed E-state index contributed by atoms with van der Waals surface area (Å²) < 4.78 is 12.2. The van der Waals surface area contributed by atoms with Crippen LogP contribution in [0.3, 0.4) is 0 Å². The summed E-state index contributed by atoms with van der Waals surface area (Å²) in [6, 6.07) is 13.5. The van der Waals surface area contributed by atoms with Crippen LogP contribution < -0.4 is 19.3 Å². The van der Waals surface area contributed by atoms with E-state index in [4.69, 9.17) is 14.5 Å². The number of para-hydroxylation sites is 1. The van der Waals surface area contributed by atoms with Crippen LogP contribution in [0.1, 0.15) is 12.0 Å². The monoisotopic (exact) mass is 414 g/mol. The fourth-order valence-electron chi connectivity index (χ4n) is 2.95. The van der Waals surface area contributed by atoms with E-state index in [-0.39, 0.29) is 5.91 Å². The number of thiazole rings is 1. The Morgan fingerprint density at radius 3 is 2.62 bits per heavy atom. The van der Waals surface area contributed by atoms with Crippen LogP contribution >= 0.6 is 11.3 Å². The largest absolute Gasteiger partial charge is 0.494 e. The normalized spacial score (nSPS) is 11.1. The summed E-state index contributed by atoms with van der Waals surface area (Å²) in [7, 11) is 5.79. The number of likely N-dealkylation sites (N-methyl/N-ethyl adjacent to an activating group) is 1. The van der Waals surface area contributed by atoms with E-state index in [0.717, 1.165) is 33.8 Å².